The van der Waals surface area contributed by atoms with Gasteiger partial charge in [0.1, 0.15) is 11.4 Å². The molecule has 1 saturated carbocycles. The molecule has 1 aromatic heterocycles. The van der Waals surface area contributed by atoms with Crippen LogP contribution in [0.1, 0.15) is 93.9 Å². The SMILES string of the molecule is Cc1noc(C)c1S(=O)(=O)Nc1ccc2c(c1)C(=O)N([C@H](C)CO)C[C@@H](C)[C@@H](CN(C)C(=O)C1CCCCC1)OCCCC[C@@H](C)O2. The lowest BCUT2D eigenvalue weighted by molar-refractivity contribution is -0.137. The van der Waals surface area contributed by atoms with Crippen molar-refractivity contribution in [3.8, 4) is 5.75 Å². The Labute approximate surface area is 279 Å². The largest absolute Gasteiger partial charge is 0.490 e. The molecule has 2 N–H and O–H groups in total. The smallest absolute Gasteiger partial charge is 0.267 e. The number of anilines is 1. The van der Waals surface area contributed by atoms with Crippen LogP contribution in [0.4, 0.5) is 5.69 Å². The van der Waals surface area contributed by atoms with Crippen LogP contribution in [-0.4, -0.2) is 91.9 Å². The highest BCUT2D eigenvalue weighted by atomic mass is 32.2. The average molecular weight is 677 g/mol. The maximum Gasteiger partial charge on any atom is 0.267 e. The molecule has 1 aromatic carbocycles. The summed E-state index contributed by atoms with van der Waals surface area (Å²) in [5.41, 5.74) is 0.562. The number of benzene rings is 1. The number of sulfonamides is 1. The van der Waals surface area contributed by atoms with Gasteiger partial charge in [0.2, 0.25) is 5.91 Å². The summed E-state index contributed by atoms with van der Waals surface area (Å²) >= 11 is 0. The third-order valence-electron chi connectivity index (χ3n) is 9.32. The highest BCUT2D eigenvalue weighted by Crippen LogP contribution is 2.31. The lowest BCUT2D eigenvalue weighted by Crippen LogP contribution is -2.48. The molecule has 2 heterocycles. The van der Waals surface area contributed by atoms with E-state index in [2.05, 4.69) is 9.88 Å². The number of hydrogen-bond donors (Lipinski definition) is 2. The Morgan fingerprint density at radius 1 is 1.13 bits per heavy atom. The summed E-state index contributed by atoms with van der Waals surface area (Å²) in [6.45, 7) is 9.62. The van der Waals surface area contributed by atoms with Crippen LogP contribution in [0.25, 0.3) is 0 Å². The number of fused-ring (bicyclic) bond motifs is 1. The fraction of sp³-hybridized carbons (Fsp3) is 0.676. The summed E-state index contributed by atoms with van der Waals surface area (Å²) in [5.74, 6) is 0.0540. The normalized spacial score (nSPS) is 22.9. The number of aryl methyl sites for hydroxylation is 2. The molecule has 0 bridgehead atoms. The molecule has 4 atom stereocenters. The first-order valence-corrected chi connectivity index (χ1v) is 18.4. The summed E-state index contributed by atoms with van der Waals surface area (Å²) in [6, 6.07) is 4.07. The number of rotatable bonds is 8. The topological polar surface area (TPSA) is 152 Å². The van der Waals surface area contributed by atoms with Crippen LogP contribution in [0.3, 0.4) is 0 Å². The van der Waals surface area contributed by atoms with E-state index in [0.717, 1.165) is 38.5 Å². The molecule has 0 radical (unpaired) electrons. The van der Waals surface area contributed by atoms with E-state index in [9.17, 15) is 23.1 Å². The Bertz CT molecular complexity index is 1450. The predicted molar refractivity (Wildman–Crippen MR) is 178 cm³/mol. The van der Waals surface area contributed by atoms with E-state index < -0.39 is 22.0 Å². The van der Waals surface area contributed by atoms with Gasteiger partial charge in [-0.2, -0.15) is 0 Å². The minimum absolute atomic E-state index is 0.0391. The number of aromatic nitrogens is 1. The molecule has 0 unspecified atom stereocenters. The van der Waals surface area contributed by atoms with Crippen LogP contribution in [0.2, 0.25) is 0 Å². The van der Waals surface area contributed by atoms with Gasteiger partial charge in [0.05, 0.1) is 30.4 Å². The summed E-state index contributed by atoms with van der Waals surface area (Å²) in [4.78, 5) is 31.0. The van der Waals surface area contributed by atoms with E-state index in [0.29, 0.717) is 25.3 Å². The number of nitrogens with one attached hydrogen (secondary N) is 1. The van der Waals surface area contributed by atoms with Crippen molar-refractivity contribution in [1.82, 2.24) is 15.0 Å². The predicted octanol–water partition coefficient (Wildman–Crippen LogP) is 4.93. The summed E-state index contributed by atoms with van der Waals surface area (Å²) in [5, 5.41) is 14.0. The number of carbonyl (C=O) groups excluding carboxylic acids is 2. The van der Waals surface area contributed by atoms with Gasteiger partial charge in [0, 0.05) is 44.3 Å². The molecule has 12 nitrogen and oxygen atoms in total. The quantitative estimate of drug-likeness (QED) is 0.397. The number of nitrogens with zero attached hydrogens (tertiary/aromatic N) is 3. The summed E-state index contributed by atoms with van der Waals surface area (Å²) < 4.78 is 46.9. The third-order valence-corrected chi connectivity index (χ3v) is 10.9. The lowest BCUT2D eigenvalue weighted by atomic mass is 9.88. The van der Waals surface area contributed by atoms with Crippen molar-refractivity contribution >= 4 is 27.5 Å². The zero-order chi connectivity index (χ0) is 34.3. The number of carbonyl (C=O) groups is 2. The average Bonchev–Trinajstić information content (AvgIpc) is 3.40. The Morgan fingerprint density at radius 2 is 1.83 bits per heavy atom. The van der Waals surface area contributed by atoms with Crippen LogP contribution in [-0.2, 0) is 19.6 Å². The van der Waals surface area contributed by atoms with Gasteiger partial charge < -0.3 is 28.9 Å². The van der Waals surface area contributed by atoms with Gasteiger partial charge in [-0.3, -0.25) is 14.3 Å². The minimum atomic E-state index is -4.07. The Hall–Kier alpha value is -3.16. The maximum atomic E-state index is 14.4. The molecule has 13 heteroatoms. The van der Waals surface area contributed by atoms with Crippen molar-refractivity contribution in [2.24, 2.45) is 11.8 Å². The standard InChI is InChI=1S/C34H52N4O8S/c1-22-19-38(23(2)21-39)34(41)29-18-28(36-47(42,43)32-25(4)35-46-26(32)5)15-16-30(29)45-24(3)12-10-11-17-44-31(22)20-37(6)33(40)27-13-8-7-9-14-27/h15-16,18,22-24,27,31,36,39H,7-14,17,19-21H2,1-6H3/t22-,23-,24-,31-/m1/s1. The zero-order valence-corrected chi connectivity index (χ0v) is 29.5. The number of aliphatic hydroxyl groups excluding tert-OH is 1. The molecule has 4 rings (SSSR count). The van der Waals surface area contributed by atoms with Crippen LogP contribution in [0, 0.1) is 25.7 Å². The summed E-state index contributed by atoms with van der Waals surface area (Å²) in [6.07, 6.45) is 6.94. The number of hydrogen-bond acceptors (Lipinski definition) is 9. The zero-order valence-electron chi connectivity index (χ0n) is 28.7. The Balaban J connectivity index is 1.65. The number of ether oxygens (including phenoxy) is 2. The molecule has 262 valence electrons. The molecular weight excluding hydrogens is 624 g/mol. The van der Waals surface area contributed by atoms with Crippen LogP contribution >= 0.6 is 0 Å². The van der Waals surface area contributed by atoms with Gasteiger partial charge in [-0.1, -0.05) is 31.3 Å². The van der Waals surface area contributed by atoms with Crippen molar-refractivity contribution < 1.29 is 37.1 Å². The molecular formula is C34H52N4O8S. The first-order chi connectivity index (χ1) is 22.3. The van der Waals surface area contributed by atoms with Gasteiger partial charge >= 0.3 is 0 Å². The highest BCUT2D eigenvalue weighted by molar-refractivity contribution is 7.92. The van der Waals surface area contributed by atoms with Crippen molar-refractivity contribution in [2.75, 3.05) is 38.1 Å². The van der Waals surface area contributed by atoms with Gasteiger partial charge in [0.15, 0.2) is 10.7 Å². The lowest BCUT2D eigenvalue weighted by Gasteiger charge is -2.36. The van der Waals surface area contributed by atoms with Crippen LogP contribution in [0.5, 0.6) is 5.75 Å². The molecule has 2 aromatic rings. The maximum absolute atomic E-state index is 14.4. The third kappa shape index (κ3) is 9.26. The summed E-state index contributed by atoms with van der Waals surface area (Å²) in [7, 11) is -2.24. The highest BCUT2D eigenvalue weighted by Gasteiger charge is 2.33. The van der Waals surface area contributed by atoms with E-state index in [-0.39, 0.29) is 70.7 Å². The first kappa shape index (κ1) is 36.7. The van der Waals surface area contributed by atoms with Crippen LogP contribution in [0.15, 0.2) is 27.6 Å². The van der Waals surface area contributed by atoms with Crippen molar-refractivity contribution in [3.05, 3.63) is 35.2 Å². The minimum Gasteiger partial charge on any atom is -0.490 e. The van der Waals surface area contributed by atoms with E-state index in [1.165, 1.54) is 19.4 Å². The fourth-order valence-corrected chi connectivity index (χ4v) is 7.92. The van der Waals surface area contributed by atoms with Gasteiger partial charge in [-0.25, -0.2) is 8.42 Å². The monoisotopic (exact) mass is 676 g/mol. The van der Waals surface area contributed by atoms with Crippen molar-refractivity contribution in [1.29, 1.82) is 0 Å². The molecule has 47 heavy (non-hydrogen) atoms. The van der Waals surface area contributed by atoms with E-state index in [1.807, 2.05) is 20.9 Å². The van der Waals surface area contributed by atoms with Gasteiger partial charge in [0.25, 0.3) is 15.9 Å². The fourth-order valence-electron chi connectivity index (χ4n) is 6.53. The molecule has 1 aliphatic carbocycles. The molecule has 0 spiro atoms. The number of likely N-dealkylation sites (N-methyl/N-ethyl adjacent to an activating group) is 1. The molecule has 1 aliphatic heterocycles. The number of amides is 2. The van der Waals surface area contributed by atoms with E-state index in [1.54, 1.807) is 35.8 Å². The van der Waals surface area contributed by atoms with E-state index >= 15 is 0 Å². The second-order valence-corrected chi connectivity index (χ2v) is 14.9. The Morgan fingerprint density at radius 3 is 2.49 bits per heavy atom. The van der Waals surface area contributed by atoms with Crippen molar-refractivity contribution in [2.45, 2.75) is 109 Å². The van der Waals surface area contributed by atoms with Crippen molar-refractivity contribution in [3.63, 3.8) is 0 Å². The molecule has 0 saturated heterocycles. The van der Waals surface area contributed by atoms with E-state index in [4.69, 9.17) is 14.0 Å². The molecule has 1 fully saturated rings. The number of aliphatic hydroxyl groups is 1. The van der Waals surface area contributed by atoms with Gasteiger partial charge in [-0.05, 0) is 78.0 Å². The van der Waals surface area contributed by atoms with Gasteiger partial charge in [-0.15, -0.1) is 0 Å². The first-order valence-electron chi connectivity index (χ1n) is 16.9. The second-order valence-electron chi connectivity index (χ2n) is 13.3. The second kappa shape index (κ2) is 16.3. The molecule has 2 aliphatic rings. The van der Waals surface area contributed by atoms with Crippen LogP contribution < -0.4 is 9.46 Å². The molecule has 2 amide bonds. The Kier molecular flexibility index (Phi) is 12.7.